The number of para-hydroxylation sites is 1. The van der Waals surface area contributed by atoms with Crippen molar-refractivity contribution < 1.29 is 0 Å². The monoisotopic (exact) mass is 219 g/mol. The summed E-state index contributed by atoms with van der Waals surface area (Å²) < 4.78 is 2.34. The van der Waals surface area contributed by atoms with Gasteiger partial charge in [0.15, 0.2) is 0 Å². The molecule has 82 valence electrons. The van der Waals surface area contributed by atoms with E-state index in [9.17, 15) is 0 Å². The van der Waals surface area contributed by atoms with Gasteiger partial charge in [-0.1, -0.05) is 42.5 Å². The Hall–Kier alpha value is -2.02. The maximum absolute atomic E-state index is 2.34. The highest BCUT2D eigenvalue weighted by Crippen LogP contribution is 2.42. The molecule has 0 amide bonds. The summed E-state index contributed by atoms with van der Waals surface area (Å²) in [6, 6.07) is 17.4. The van der Waals surface area contributed by atoms with Crippen molar-refractivity contribution in [2.24, 2.45) is 7.05 Å². The molecule has 0 atom stereocenters. The fourth-order valence-electron chi connectivity index (χ4n) is 3.05. The minimum Gasteiger partial charge on any atom is -0.347 e. The quantitative estimate of drug-likeness (QED) is 0.424. The van der Waals surface area contributed by atoms with Gasteiger partial charge in [0.1, 0.15) is 0 Å². The van der Waals surface area contributed by atoms with Crippen LogP contribution in [0.5, 0.6) is 0 Å². The van der Waals surface area contributed by atoms with Crippen LogP contribution in [0, 0.1) is 0 Å². The van der Waals surface area contributed by atoms with Crippen molar-refractivity contribution in [1.82, 2.24) is 4.57 Å². The van der Waals surface area contributed by atoms with Crippen LogP contribution in [0.15, 0.2) is 48.5 Å². The average Bonchev–Trinajstić information content (AvgIpc) is 2.88. The second kappa shape index (κ2) is 3.01. The largest absolute Gasteiger partial charge is 0.347 e. The van der Waals surface area contributed by atoms with Crippen molar-refractivity contribution in [3.8, 4) is 11.1 Å². The number of rotatable bonds is 0. The Kier molecular flexibility index (Phi) is 1.60. The number of hydrogen-bond acceptors (Lipinski definition) is 0. The van der Waals surface area contributed by atoms with Gasteiger partial charge < -0.3 is 4.57 Å². The third-order valence-electron chi connectivity index (χ3n) is 3.87. The zero-order chi connectivity index (χ0) is 11.4. The normalized spacial score (nSPS) is 12.8. The summed E-state index contributed by atoms with van der Waals surface area (Å²) in [7, 11) is 2.17. The molecule has 17 heavy (non-hydrogen) atoms. The predicted molar refractivity (Wildman–Crippen MR) is 71.2 cm³/mol. The van der Waals surface area contributed by atoms with E-state index in [2.05, 4.69) is 60.1 Å². The molecule has 0 N–H and O–H groups in total. The summed E-state index contributed by atoms with van der Waals surface area (Å²) in [5, 5.41) is 1.38. The Balaban J connectivity index is 2.19. The Morgan fingerprint density at radius 3 is 2.65 bits per heavy atom. The summed E-state index contributed by atoms with van der Waals surface area (Å²) in [4.78, 5) is 0. The van der Waals surface area contributed by atoms with Crippen LogP contribution in [0.1, 0.15) is 11.3 Å². The molecule has 0 spiro atoms. The van der Waals surface area contributed by atoms with Gasteiger partial charge in [-0.3, -0.25) is 0 Å². The summed E-state index contributed by atoms with van der Waals surface area (Å²) in [6.45, 7) is 0. The Morgan fingerprint density at radius 2 is 1.71 bits per heavy atom. The van der Waals surface area contributed by atoms with E-state index < -0.39 is 0 Å². The zero-order valence-electron chi connectivity index (χ0n) is 9.77. The fraction of sp³-hybridized carbons (Fsp3) is 0.125. The van der Waals surface area contributed by atoms with E-state index in [0.717, 1.165) is 6.42 Å². The zero-order valence-corrected chi connectivity index (χ0v) is 9.77. The van der Waals surface area contributed by atoms with Gasteiger partial charge in [-0.05, 0) is 17.2 Å². The Bertz CT molecular complexity index is 734. The molecule has 4 rings (SSSR count). The van der Waals surface area contributed by atoms with Gasteiger partial charge in [0, 0.05) is 35.6 Å². The predicted octanol–water partition coefficient (Wildman–Crippen LogP) is 3.75. The molecule has 1 nitrogen and oxygen atoms in total. The smallest absolute Gasteiger partial charge is 0.0486 e. The molecule has 1 aromatic heterocycles. The van der Waals surface area contributed by atoms with Crippen molar-refractivity contribution >= 4 is 10.9 Å². The molecule has 1 aliphatic carbocycles. The third-order valence-corrected chi connectivity index (χ3v) is 3.87. The van der Waals surface area contributed by atoms with Gasteiger partial charge in [0.2, 0.25) is 0 Å². The van der Waals surface area contributed by atoms with E-state index in [1.54, 1.807) is 0 Å². The fourth-order valence-corrected chi connectivity index (χ4v) is 3.05. The van der Waals surface area contributed by atoms with E-state index in [1.165, 1.54) is 33.3 Å². The van der Waals surface area contributed by atoms with Crippen molar-refractivity contribution in [2.45, 2.75) is 6.42 Å². The number of aromatic nitrogens is 1. The van der Waals surface area contributed by atoms with Gasteiger partial charge in [0.05, 0.1) is 0 Å². The Labute approximate surface area is 100 Å². The number of nitrogens with zero attached hydrogens (tertiary/aromatic N) is 1. The molecule has 0 bridgehead atoms. The maximum atomic E-state index is 2.34. The Morgan fingerprint density at radius 1 is 0.941 bits per heavy atom. The van der Waals surface area contributed by atoms with Crippen LogP contribution in [-0.2, 0) is 13.5 Å². The van der Waals surface area contributed by atoms with Gasteiger partial charge in [-0.15, -0.1) is 0 Å². The van der Waals surface area contributed by atoms with Crippen LogP contribution in [0.4, 0.5) is 0 Å². The van der Waals surface area contributed by atoms with E-state index >= 15 is 0 Å². The highest BCUT2D eigenvalue weighted by atomic mass is 15.0. The molecular weight excluding hydrogens is 206 g/mol. The molecule has 1 heterocycles. The summed E-state index contributed by atoms with van der Waals surface area (Å²) in [5.74, 6) is 0. The molecule has 0 saturated heterocycles. The first-order valence-electron chi connectivity index (χ1n) is 6.01. The van der Waals surface area contributed by atoms with Crippen LogP contribution in [0.2, 0.25) is 0 Å². The third kappa shape index (κ3) is 1.04. The highest BCUT2D eigenvalue weighted by Gasteiger charge is 2.24. The molecule has 0 aliphatic heterocycles. The number of fused-ring (bicyclic) bond motifs is 5. The summed E-state index contributed by atoms with van der Waals surface area (Å²) in [6.07, 6.45) is 1.07. The average molecular weight is 219 g/mol. The molecule has 1 heteroatoms. The first-order valence-corrected chi connectivity index (χ1v) is 6.01. The first kappa shape index (κ1) is 9.06. The molecule has 0 unspecified atom stereocenters. The van der Waals surface area contributed by atoms with Crippen LogP contribution in [0.3, 0.4) is 0 Å². The summed E-state index contributed by atoms with van der Waals surface area (Å²) >= 11 is 0. The van der Waals surface area contributed by atoms with Gasteiger partial charge in [-0.2, -0.15) is 0 Å². The molecule has 3 aromatic rings. The van der Waals surface area contributed by atoms with Crippen molar-refractivity contribution in [3.63, 3.8) is 0 Å². The van der Waals surface area contributed by atoms with Crippen molar-refractivity contribution in [1.29, 1.82) is 0 Å². The number of aryl methyl sites for hydroxylation is 1. The molecule has 0 fully saturated rings. The van der Waals surface area contributed by atoms with Crippen LogP contribution in [-0.4, -0.2) is 4.57 Å². The number of benzene rings is 2. The summed E-state index contributed by atoms with van der Waals surface area (Å²) in [5.41, 5.74) is 7.11. The topological polar surface area (TPSA) is 4.93 Å². The van der Waals surface area contributed by atoms with Gasteiger partial charge >= 0.3 is 0 Å². The van der Waals surface area contributed by atoms with E-state index in [4.69, 9.17) is 0 Å². The lowest BCUT2D eigenvalue weighted by Gasteiger charge is -2.02. The van der Waals surface area contributed by atoms with Gasteiger partial charge in [0.25, 0.3) is 0 Å². The van der Waals surface area contributed by atoms with Gasteiger partial charge in [-0.25, -0.2) is 0 Å². The van der Waals surface area contributed by atoms with E-state index in [0.29, 0.717) is 0 Å². The lowest BCUT2D eigenvalue weighted by Crippen LogP contribution is -1.94. The minimum absolute atomic E-state index is 1.07. The SMILES string of the molecule is Cn1c2c(c3ccccc31)-c1ccccc1C2. The van der Waals surface area contributed by atoms with E-state index in [1.807, 2.05) is 0 Å². The van der Waals surface area contributed by atoms with Crippen LogP contribution < -0.4 is 0 Å². The van der Waals surface area contributed by atoms with Crippen molar-refractivity contribution in [3.05, 3.63) is 59.8 Å². The van der Waals surface area contributed by atoms with Crippen LogP contribution >= 0.6 is 0 Å². The lowest BCUT2D eigenvalue weighted by molar-refractivity contribution is 0.894. The second-order valence-corrected chi connectivity index (χ2v) is 4.73. The highest BCUT2D eigenvalue weighted by molar-refractivity contribution is 6.00. The molecule has 0 radical (unpaired) electrons. The van der Waals surface area contributed by atoms with Crippen LogP contribution in [0.25, 0.3) is 22.0 Å². The standard InChI is InChI=1S/C16H13N/c1-17-14-9-5-4-8-13(14)16-12-7-3-2-6-11(12)10-15(16)17/h2-9H,10H2,1H3. The molecule has 2 aromatic carbocycles. The second-order valence-electron chi connectivity index (χ2n) is 4.73. The lowest BCUT2D eigenvalue weighted by atomic mass is 10.0. The van der Waals surface area contributed by atoms with E-state index in [-0.39, 0.29) is 0 Å². The minimum atomic E-state index is 1.07. The number of hydrogen-bond donors (Lipinski definition) is 0. The maximum Gasteiger partial charge on any atom is 0.0486 e. The molecule has 0 saturated carbocycles. The molecule has 1 aliphatic rings. The first-order chi connectivity index (χ1) is 8.36. The van der Waals surface area contributed by atoms with Crippen molar-refractivity contribution in [2.75, 3.05) is 0 Å². The molecular formula is C16H13N.